The number of benzene rings is 1. The molecule has 2 aliphatic rings. The van der Waals surface area contributed by atoms with Gasteiger partial charge in [-0.05, 0) is 24.5 Å². The molecule has 0 fully saturated rings. The molecule has 0 aromatic heterocycles. The van der Waals surface area contributed by atoms with Crippen molar-refractivity contribution in [2.24, 2.45) is 0 Å². The summed E-state index contributed by atoms with van der Waals surface area (Å²) in [5.41, 5.74) is 2.90. The molecule has 2 heterocycles. The number of esters is 1. The largest absolute Gasteiger partial charge is 0.469 e. The number of rotatable bonds is 1. The van der Waals surface area contributed by atoms with Crippen LogP contribution in [0.1, 0.15) is 30.4 Å². The van der Waals surface area contributed by atoms with Gasteiger partial charge < -0.3 is 9.64 Å². The van der Waals surface area contributed by atoms with Crippen LogP contribution in [0.4, 0.5) is 5.69 Å². The third-order valence-electron chi connectivity index (χ3n) is 3.88. The molecule has 0 N–H and O–H groups in total. The Morgan fingerprint density at radius 1 is 1.44 bits per heavy atom. The summed E-state index contributed by atoms with van der Waals surface area (Å²) >= 11 is 0. The van der Waals surface area contributed by atoms with E-state index in [1.54, 1.807) is 0 Å². The predicted molar refractivity (Wildman–Crippen MR) is 66.5 cm³/mol. The van der Waals surface area contributed by atoms with Crippen molar-refractivity contribution in [1.82, 2.24) is 0 Å². The van der Waals surface area contributed by atoms with Crippen molar-refractivity contribution in [2.75, 3.05) is 12.0 Å². The van der Waals surface area contributed by atoms with Crippen molar-refractivity contribution in [3.8, 4) is 0 Å². The highest BCUT2D eigenvalue weighted by molar-refractivity contribution is 6.04. The van der Waals surface area contributed by atoms with Crippen molar-refractivity contribution in [1.29, 1.82) is 0 Å². The first-order valence-electron chi connectivity index (χ1n) is 6.15. The average Bonchev–Trinajstić information content (AvgIpc) is 2.71. The van der Waals surface area contributed by atoms with Gasteiger partial charge in [0.1, 0.15) is 0 Å². The second kappa shape index (κ2) is 3.83. The second-order valence-electron chi connectivity index (χ2n) is 4.96. The van der Waals surface area contributed by atoms with Crippen LogP contribution < -0.4 is 4.90 Å². The highest BCUT2D eigenvalue weighted by atomic mass is 16.5. The topological polar surface area (TPSA) is 46.6 Å². The van der Waals surface area contributed by atoms with E-state index in [1.165, 1.54) is 7.11 Å². The van der Waals surface area contributed by atoms with Gasteiger partial charge in [0.2, 0.25) is 5.91 Å². The van der Waals surface area contributed by atoms with Gasteiger partial charge in [0.15, 0.2) is 0 Å². The summed E-state index contributed by atoms with van der Waals surface area (Å²) in [6.07, 6.45) is 1.08. The summed E-state index contributed by atoms with van der Waals surface area (Å²) in [7, 11) is 1.41. The molecule has 2 aliphatic heterocycles. The third kappa shape index (κ3) is 1.38. The van der Waals surface area contributed by atoms with Gasteiger partial charge in [-0.1, -0.05) is 18.2 Å². The Bertz CT molecular complexity index is 538. The number of hydrogen-bond acceptors (Lipinski definition) is 3. The number of methoxy groups -OCH3 is 1. The first kappa shape index (κ1) is 11.3. The third-order valence-corrected chi connectivity index (χ3v) is 3.88. The summed E-state index contributed by atoms with van der Waals surface area (Å²) in [4.78, 5) is 25.7. The number of para-hydroxylation sites is 1. The van der Waals surface area contributed by atoms with E-state index in [4.69, 9.17) is 4.74 Å². The molecule has 4 nitrogen and oxygen atoms in total. The first-order chi connectivity index (χ1) is 8.63. The van der Waals surface area contributed by atoms with Crippen LogP contribution in [0.2, 0.25) is 0 Å². The van der Waals surface area contributed by atoms with E-state index in [-0.39, 0.29) is 23.8 Å². The Labute approximate surface area is 106 Å². The van der Waals surface area contributed by atoms with Crippen molar-refractivity contribution >= 4 is 17.6 Å². The molecule has 1 amide bonds. The molecular formula is C14H15NO3. The number of hydrogen-bond donors (Lipinski definition) is 0. The van der Waals surface area contributed by atoms with Crippen LogP contribution in [-0.2, 0) is 20.7 Å². The molecule has 0 spiro atoms. The Hall–Kier alpha value is -1.84. The molecule has 94 valence electrons. The molecule has 1 aromatic rings. The van der Waals surface area contributed by atoms with Crippen LogP contribution in [0.25, 0.3) is 0 Å². The summed E-state index contributed by atoms with van der Waals surface area (Å²) in [5, 5.41) is 0. The number of nitrogens with zero attached hydrogens (tertiary/aromatic N) is 1. The van der Waals surface area contributed by atoms with Gasteiger partial charge in [-0.3, -0.25) is 9.59 Å². The summed E-state index contributed by atoms with van der Waals surface area (Å²) in [6.45, 7) is 1.98. The standard InChI is InChI=1S/C14H15NO3/c1-8-6-11(14(17)18-2)10-5-3-4-9-7-12(16)15(8)13(9)10/h3-5,8,11H,6-7H2,1-2H3. The molecule has 18 heavy (non-hydrogen) atoms. The molecule has 1 aromatic carbocycles. The van der Waals surface area contributed by atoms with Crippen LogP contribution in [0.5, 0.6) is 0 Å². The smallest absolute Gasteiger partial charge is 0.313 e. The Morgan fingerprint density at radius 3 is 2.94 bits per heavy atom. The number of carbonyl (C=O) groups is 2. The SMILES string of the molecule is COC(=O)C1CC(C)N2C(=O)Cc3cccc1c32. The number of carbonyl (C=O) groups excluding carboxylic acids is 2. The summed E-state index contributed by atoms with van der Waals surface area (Å²) < 4.78 is 4.87. The Morgan fingerprint density at radius 2 is 2.22 bits per heavy atom. The van der Waals surface area contributed by atoms with Crippen molar-refractivity contribution in [2.45, 2.75) is 31.7 Å². The summed E-state index contributed by atoms with van der Waals surface area (Å²) in [6, 6.07) is 5.86. The zero-order valence-corrected chi connectivity index (χ0v) is 10.5. The van der Waals surface area contributed by atoms with Gasteiger partial charge in [0.05, 0.1) is 25.1 Å². The Balaban J connectivity index is 2.16. The minimum absolute atomic E-state index is 0.0535. The highest BCUT2D eigenvalue weighted by Crippen LogP contribution is 2.44. The minimum atomic E-state index is -0.248. The van der Waals surface area contributed by atoms with Gasteiger partial charge in [0.25, 0.3) is 0 Å². The second-order valence-corrected chi connectivity index (χ2v) is 4.96. The molecule has 3 rings (SSSR count). The molecule has 2 unspecified atom stereocenters. The van der Waals surface area contributed by atoms with Crippen LogP contribution in [-0.4, -0.2) is 25.0 Å². The van der Waals surface area contributed by atoms with Crippen molar-refractivity contribution < 1.29 is 14.3 Å². The normalized spacial score (nSPS) is 25.0. The fourth-order valence-electron chi connectivity index (χ4n) is 3.11. The van der Waals surface area contributed by atoms with Crippen LogP contribution in [0.3, 0.4) is 0 Å². The van der Waals surface area contributed by atoms with E-state index in [1.807, 2.05) is 30.0 Å². The van der Waals surface area contributed by atoms with Crippen molar-refractivity contribution in [3.63, 3.8) is 0 Å². The van der Waals surface area contributed by atoms with Gasteiger partial charge in [-0.25, -0.2) is 0 Å². The van der Waals surface area contributed by atoms with Gasteiger partial charge in [-0.2, -0.15) is 0 Å². The first-order valence-corrected chi connectivity index (χ1v) is 6.15. The lowest BCUT2D eigenvalue weighted by molar-refractivity contribution is -0.143. The molecule has 0 saturated heterocycles. The van der Waals surface area contributed by atoms with E-state index < -0.39 is 0 Å². The molecule has 0 bridgehead atoms. The molecular weight excluding hydrogens is 230 g/mol. The van der Waals surface area contributed by atoms with E-state index in [0.29, 0.717) is 12.8 Å². The molecule has 0 radical (unpaired) electrons. The van der Waals surface area contributed by atoms with Crippen LogP contribution in [0, 0.1) is 0 Å². The van der Waals surface area contributed by atoms with Crippen molar-refractivity contribution in [3.05, 3.63) is 29.3 Å². The van der Waals surface area contributed by atoms with E-state index in [9.17, 15) is 9.59 Å². The van der Waals surface area contributed by atoms with Gasteiger partial charge >= 0.3 is 5.97 Å². The minimum Gasteiger partial charge on any atom is -0.469 e. The maximum Gasteiger partial charge on any atom is 0.313 e. The lowest BCUT2D eigenvalue weighted by Crippen LogP contribution is -2.41. The number of ether oxygens (including phenoxy) is 1. The number of amides is 1. The van der Waals surface area contributed by atoms with E-state index in [2.05, 4.69) is 0 Å². The fraction of sp³-hybridized carbons (Fsp3) is 0.429. The van der Waals surface area contributed by atoms with Crippen LogP contribution >= 0.6 is 0 Å². The lowest BCUT2D eigenvalue weighted by Gasteiger charge is -2.35. The van der Waals surface area contributed by atoms with Gasteiger partial charge in [0, 0.05) is 6.04 Å². The zero-order valence-electron chi connectivity index (χ0n) is 10.5. The average molecular weight is 245 g/mol. The molecule has 4 heteroatoms. The number of anilines is 1. The fourth-order valence-corrected chi connectivity index (χ4v) is 3.11. The van der Waals surface area contributed by atoms with Crippen LogP contribution in [0.15, 0.2) is 18.2 Å². The lowest BCUT2D eigenvalue weighted by atomic mass is 9.86. The summed E-state index contributed by atoms with van der Waals surface area (Å²) in [5.74, 6) is -0.329. The van der Waals surface area contributed by atoms with E-state index >= 15 is 0 Å². The van der Waals surface area contributed by atoms with E-state index in [0.717, 1.165) is 16.8 Å². The Kier molecular flexibility index (Phi) is 2.40. The quantitative estimate of drug-likeness (QED) is 0.706. The highest BCUT2D eigenvalue weighted by Gasteiger charge is 2.42. The molecule has 0 aliphatic carbocycles. The predicted octanol–water partition coefficient (Wildman–Crippen LogP) is 1.62. The maximum atomic E-state index is 12.0. The molecule has 2 atom stereocenters. The maximum absolute atomic E-state index is 12.0. The monoisotopic (exact) mass is 245 g/mol. The van der Waals surface area contributed by atoms with Gasteiger partial charge in [-0.15, -0.1) is 0 Å². The molecule has 0 saturated carbocycles. The zero-order chi connectivity index (χ0) is 12.9.